The maximum absolute atomic E-state index is 10.5. The quantitative estimate of drug-likeness (QED) is 0.681. The van der Waals surface area contributed by atoms with Gasteiger partial charge in [-0.2, -0.15) is 0 Å². The zero-order valence-corrected chi connectivity index (χ0v) is 17.5. The summed E-state index contributed by atoms with van der Waals surface area (Å²) in [6.45, 7) is 12.4. The summed E-state index contributed by atoms with van der Waals surface area (Å²) in [6.07, 6.45) is 6.66. The lowest BCUT2D eigenvalue weighted by Crippen LogP contribution is -2.28. The van der Waals surface area contributed by atoms with E-state index in [2.05, 4.69) is 12.7 Å². The molecule has 0 saturated heterocycles. The van der Waals surface area contributed by atoms with Crippen molar-refractivity contribution in [1.82, 2.24) is 0 Å². The van der Waals surface area contributed by atoms with Crippen LogP contribution in [0.2, 0.25) is 0 Å². The molecule has 2 heterocycles. The molecule has 1 atom stereocenters. The van der Waals surface area contributed by atoms with Crippen molar-refractivity contribution in [3.8, 4) is 23.0 Å². The molecule has 2 aliphatic rings. The highest BCUT2D eigenvalue weighted by Gasteiger charge is 2.31. The number of ether oxygens (including phenoxy) is 2. The predicted molar refractivity (Wildman–Crippen MR) is 115 cm³/mol. The number of aromatic hydroxyl groups is 2. The molecule has 0 unspecified atom stereocenters. The highest BCUT2D eigenvalue weighted by atomic mass is 16.5. The number of phenolic OH excluding ortho intramolecular Hbond substituents is 2. The smallest absolute Gasteiger partial charge is 0.133 e. The molecule has 29 heavy (non-hydrogen) atoms. The third-order valence-electron chi connectivity index (χ3n) is 5.95. The summed E-state index contributed by atoms with van der Waals surface area (Å²) < 4.78 is 12.2. The third-order valence-corrected chi connectivity index (χ3v) is 5.95. The van der Waals surface area contributed by atoms with Crippen LogP contribution in [-0.4, -0.2) is 22.4 Å². The van der Waals surface area contributed by atoms with Crippen LogP contribution in [0.5, 0.6) is 23.0 Å². The van der Waals surface area contributed by atoms with E-state index in [-0.39, 0.29) is 23.0 Å². The zero-order chi connectivity index (χ0) is 21.0. The van der Waals surface area contributed by atoms with Gasteiger partial charge < -0.3 is 19.7 Å². The molecule has 0 bridgehead atoms. The van der Waals surface area contributed by atoms with Crippen LogP contribution in [0.15, 0.2) is 43.0 Å². The minimum atomic E-state index is -0.409. The second kappa shape index (κ2) is 6.58. The van der Waals surface area contributed by atoms with Crippen molar-refractivity contribution in [2.45, 2.75) is 51.0 Å². The van der Waals surface area contributed by atoms with E-state index in [0.29, 0.717) is 6.61 Å². The highest BCUT2D eigenvalue weighted by Crippen LogP contribution is 2.45. The van der Waals surface area contributed by atoms with Gasteiger partial charge in [0, 0.05) is 28.5 Å². The number of fused-ring (bicyclic) bond motifs is 3. The SMILES string of the molecule is C=CC(C)(C)c1cc([C@@H]2COc3c(ccc4c3C=CC(C)(C)O4)C2)c(O)cc1O. The fourth-order valence-corrected chi connectivity index (χ4v) is 4.06. The van der Waals surface area contributed by atoms with Crippen LogP contribution in [0, 0.1) is 0 Å². The van der Waals surface area contributed by atoms with Gasteiger partial charge in [0.1, 0.15) is 28.6 Å². The number of allylic oxidation sites excluding steroid dienone is 1. The molecule has 0 saturated carbocycles. The van der Waals surface area contributed by atoms with Crippen molar-refractivity contribution < 1.29 is 19.7 Å². The van der Waals surface area contributed by atoms with Gasteiger partial charge in [-0.25, -0.2) is 0 Å². The first-order valence-electron chi connectivity index (χ1n) is 9.98. The van der Waals surface area contributed by atoms with Crippen LogP contribution in [0.3, 0.4) is 0 Å². The van der Waals surface area contributed by atoms with E-state index >= 15 is 0 Å². The fraction of sp³-hybridized carbons (Fsp3) is 0.360. The average molecular weight is 392 g/mol. The zero-order valence-electron chi connectivity index (χ0n) is 17.5. The molecule has 2 aromatic carbocycles. The highest BCUT2D eigenvalue weighted by molar-refractivity contribution is 5.69. The van der Waals surface area contributed by atoms with E-state index in [1.807, 2.05) is 52.0 Å². The van der Waals surface area contributed by atoms with E-state index < -0.39 is 5.41 Å². The second-order valence-electron chi connectivity index (χ2n) is 9.07. The van der Waals surface area contributed by atoms with Crippen LogP contribution < -0.4 is 9.47 Å². The second-order valence-corrected chi connectivity index (χ2v) is 9.07. The van der Waals surface area contributed by atoms with Gasteiger partial charge in [0.2, 0.25) is 0 Å². The Balaban J connectivity index is 1.70. The molecular formula is C25H28O4. The molecule has 152 valence electrons. The summed E-state index contributed by atoms with van der Waals surface area (Å²) >= 11 is 0. The van der Waals surface area contributed by atoms with Crippen LogP contribution >= 0.6 is 0 Å². The molecule has 0 spiro atoms. The summed E-state index contributed by atoms with van der Waals surface area (Å²) in [5.41, 5.74) is 2.85. The first-order valence-corrected chi connectivity index (χ1v) is 9.98. The van der Waals surface area contributed by atoms with Crippen LogP contribution in [0.1, 0.15) is 55.9 Å². The van der Waals surface area contributed by atoms with Crippen molar-refractivity contribution in [3.63, 3.8) is 0 Å². The van der Waals surface area contributed by atoms with Crippen LogP contribution in [0.25, 0.3) is 6.08 Å². The molecule has 4 nitrogen and oxygen atoms in total. The molecule has 2 aliphatic heterocycles. The van der Waals surface area contributed by atoms with Gasteiger partial charge in [-0.3, -0.25) is 0 Å². The van der Waals surface area contributed by atoms with E-state index in [9.17, 15) is 10.2 Å². The number of hydrogen-bond acceptors (Lipinski definition) is 4. The van der Waals surface area contributed by atoms with E-state index in [1.165, 1.54) is 6.07 Å². The van der Waals surface area contributed by atoms with Crippen molar-refractivity contribution in [3.05, 3.63) is 65.3 Å². The lowest BCUT2D eigenvalue weighted by atomic mass is 9.80. The van der Waals surface area contributed by atoms with Gasteiger partial charge in [-0.05, 0) is 50.1 Å². The Labute approximate surface area is 172 Å². The molecule has 0 aromatic heterocycles. The molecule has 0 amide bonds. The molecule has 2 aromatic rings. The van der Waals surface area contributed by atoms with Crippen molar-refractivity contribution in [1.29, 1.82) is 0 Å². The number of rotatable bonds is 3. The minimum Gasteiger partial charge on any atom is -0.508 e. The lowest BCUT2D eigenvalue weighted by molar-refractivity contribution is 0.157. The maximum atomic E-state index is 10.5. The maximum Gasteiger partial charge on any atom is 0.133 e. The third kappa shape index (κ3) is 3.37. The fourth-order valence-electron chi connectivity index (χ4n) is 4.06. The van der Waals surface area contributed by atoms with Gasteiger partial charge in [-0.1, -0.05) is 26.0 Å². The summed E-state index contributed by atoms with van der Waals surface area (Å²) in [4.78, 5) is 0. The Hall–Kier alpha value is -2.88. The number of phenols is 2. The van der Waals surface area contributed by atoms with Gasteiger partial charge in [-0.15, -0.1) is 6.58 Å². The van der Waals surface area contributed by atoms with Gasteiger partial charge in [0.05, 0.1) is 12.2 Å². The largest absolute Gasteiger partial charge is 0.508 e. The van der Waals surface area contributed by atoms with Crippen molar-refractivity contribution in [2.24, 2.45) is 0 Å². The average Bonchev–Trinajstić information content (AvgIpc) is 2.66. The molecule has 4 heteroatoms. The molecule has 0 fully saturated rings. The Morgan fingerprint density at radius 1 is 1.17 bits per heavy atom. The normalized spacial score (nSPS) is 19.5. The molecular weight excluding hydrogens is 364 g/mol. The van der Waals surface area contributed by atoms with Crippen LogP contribution in [-0.2, 0) is 11.8 Å². The van der Waals surface area contributed by atoms with E-state index in [4.69, 9.17) is 9.47 Å². The first-order chi connectivity index (χ1) is 13.6. The van der Waals surface area contributed by atoms with Crippen LogP contribution in [0.4, 0.5) is 0 Å². The van der Waals surface area contributed by atoms with Gasteiger partial charge >= 0.3 is 0 Å². The van der Waals surface area contributed by atoms with Gasteiger partial charge in [0.25, 0.3) is 0 Å². The van der Waals surface area contributed by atoms with Crippen molar-refractivity contribution >= 4 is 6.08 Å². The first kappa shape index (κ1) is 19.4. The lowest BCUT2D eigenvalue weighted by Gasteiger charge is -2.33. The predicted octanol–water partition coefficient (Wildman–Crippen LogP) is 5.46. The minimum absolute atomic E-state index is 0.00885. The monoisotopic (exact) mass is 392 g/mol. The summed E-state index contributed by atoms with van der Waals surface area (Å²) in [6, 6.07) is 7.35. The topological polar surface area (TPSA) is 58.9 Å². The molecule has 0 aliphatic carbocycles. The molecule has 0 radical (unpaired) electrons. The Kier molecular flexibility index (Phi) is 4.41. The van der Waals surface area contributed by atoms with Gasteiger partial charge in [0.15, 0.2) is 0 Å². The standard InChI is InChI=1S/C25H28O4/c1-6-24(2,3)19-12-18(20(26)13-21(19)27)16-11-15-7-8-22-17(23(15)28-14-16)9-10-25(4,5)29-22/h6-10,12-13,16,26-27H,1,11,14H2,2-5H3/t16-/m0/s1. The number of benzene rings is 2. The summed E-state index contributed by atoms with van der Waals surface area (Å²) in [5.74, 6) is 1.84. The van der Waals surface area contributed by atoms with E-state index in [0.717, 1.165) is 40.2 Å². The summed E-state index contributed by atoms with van der Waals surface area (Å²) in [7, 11) is 0. The molecule has 4 rings (SSSR count). The summed E-state index contributed by atoms with van der Waals surface area (Å²) in [5, 5.41) is 20.9. The Bertz CT molecular complexity index is 1010. The Morgan fingerprint density at radius 2 is 1.93 bits per heavy atom. The van der Waals surface area contributed by atoms with Crippen molar-refractivity contribution in [2.75, 3.05) is 6.61 Å². The Morgan fingerprint density at radius 3 is 2.66 bits per heavy atom. The number of hydrogen-bond donors (Lipinski definition) is 2. The van der Waals surface area contributed by atoms with E-state index in [1.54, 1.807) is 6.08 Å². The molecule has 2 N–H and O–H groups in total.